The highest BCUT2D eigenvalue weighted by Gasteiger charge is 2.11. The Morgan fingerprint density at radius 1 is 0.875 bits per heavy atom. The SMILES string of the molecule is CCCCCCCCCN(CC)CC(C)COC(=O)CCCCC. The third kappa shape index (κ3) is 15.0. The maximum atomic E-state index is 11.7. The number of carbonyl (C=O) groups excluding carboxylic acids is 1. The molecule has 0 radical (unpaired) electrons. The number of rotatable bonds is 17. The van der Waals surface area contributed by atoms with Gasteiger partial charge in [0.05, 0.1) is 6.61 Å². The molecule has 0 aromatic heterocycles. The average molecular weight is 342 g/mol. The quantitative estimate of drug-likeness (QED) is 0.247. The van der Waals surface area contributed by atoms with Gasteiger partial charge < -0.3 is 9.64 Å². The highest BCUT2D eigenvalue weighted by molar-refractivity contribution is 5.69. The zero-order valence-electron chi connectivity index (χ0n) is 16.9. The molecule has 0 aliphatic heterocycles. The minimum absolute atomic E-state index is 0.0228. The van der Waals surface area contributed by atoms with Gasteiger partial charge in [-0.3, -0.25) is 4.79 Å². The normalized spacial score (nSPS) is 12.5. The molecular formula is C21H43NO2. The fourth-order valence-electron chi connectivity index (χ4n) is 2.99. The average Bonchev–Trinajstić information content (AvgIpc) is 2.58. The van der Waals surface area contributed by atoms with E-state index in [0.717, 1.165) is 32.4 Å². The summed E-state index contributed by atoms with van der Waals surface area (Å²) in [4.78, 5) is 14.2. The van der Waals surface area contributed by atoms with E-state index in [0.29, 0.717) is 18.9 Å². The summed E-state index contributed by atoms with van der Waals surface area (Å²) >= 11 is 0. The summed E-state index contributed by atoms with van der Waals surface area (Å²) in [6, 6.07) is 0. The van der Waals surface area contributed by atoms with Crippen LogP contribution in [0.15, 0.2) is 0 Å². The molecule has 1 atom stereocenters. The number of nitrogens with zero attached hydrogens (tertiary/aromatic N) is 1. The standard InChI is InChI=1S/C21H43NO2/c1-5-8-10-11-12-13-15-17-22(7-3)18-20(4)19-24-21(23)16-14-9-6-2/h20H,5-19H2,1-4H3. The van der Waals surface area contributed by atoms with Crippen LogP contribution in [0.1, 0.15) is 98.3 Å². The minimum Gasteiger partial charge on any atom is -0.465 e. The Hall–Kier alpha value is -0.570. The van der Waals surface area contributed by atoms with Gasteiger partial charge in [-0.1, -0.05) is 79.1 Å². The number of hydrogen-bond donors (Lipinski definition) is 0. The van der Waals surface area contributed by atoms with Crippen LogP contribution in [0.25, 0.3) is 0 Å². The molecule has 0 saturated heterocycles. The minimum atomic E-state index is -0.0228. The maximum Gasteiger partial charge on any atom is 0.305 e. The lowest BCUT2D eigenvalue weighted by Gasteiger charge is -2.24. The van der Waals surface area contributed by atoms with Crippen molar-refractivity contribution in [2.24, 2.45) is 5.92 Å². The molecule has 0 aliphatic carbocycles. The van der Waals surface area contributed by atoms with E-state index in [1.807, 2.05) is 0 Å². The Labute approximate surface area is 151 Å². The van der Waals surface area contributed by atoms with Crippen LogP contribution < -0.4 is 0 Å². The third-order valence-electron chi connectivity index (χ3n) is 4.61. The van der Waals surface area contributed by atoms with Crippen molar-refractivity contribution in [3.8, 4) is 0 Å². The molecule has 0 bridgehead atoms. The molecule has 3 heteroatoms. The van der Waals surface area contributed by atoms with Crippen LogP contribution in [-0.2, 0) is 9.53 Å². The Kier molecular flexibility index (Phi) is 16.8. The van der Waals surface area contributed by atoms with Crippen molar-refractivity contribution < 1.29 is 9.53 Å². The predicted octanol–water partition coefficient (Wildman–Crippen LogP) is 5.82. The van der Waals surface area contributed by atoms with Gasteiger partial charge in [0.2, 0.25) is 0 Å². The highest BCUT2D eigenvalue weighted by Crippen LogP contribution is 2.09. The molecule has 24 heavy (non-hydrogen) atoms. The van der Waals surface area contributed by atoms with E-state index in [2.05, 4.69) is 32.6 Å². The number of ether oxygens (including phenoxy) is 1. The second kappa shape index (κ2) is 17.3. The second-order valence-corrected chi connectivity index (χ2v) is 7.26. The summed E-state index contributed by atoms with van der Waals surface area (Å²) in [5.74, 6) is 0.398. The topological polar surface area (TPSA) is 29.5 Å². The number of unbranched alkanes of at least 4 members (excludes halogenated alkanes) is 8. The van der Waals surface area contributed by atoms with Crippen LogP contribution in [0.3, 0.4) is 0 Å². The fourth-order valence-corrected chi connectivity index (χ4v) is 2.99. The van der Waals surface area contributed by atoms with Gasteiger partial charge in [0.15, 0.2) is 0 Å². The molecule has 0 aromatic rings. The van der Waals surface area contributed by atoms with Gasteiger partial charge in [0, 0.05) is 18.9 Å². The lowest BCUT2D eigenvalue weighted by molar-refractivity contribution is -0.145. The summed E-state index contributed by atoms with van der Waals surface area (Å²) < 4.78 is 5.41. The molecule has 1 unspecified atom stereocenters. The summed E-state index contributed by atoms with van der Waals surface area (Å²) in [6.07, 6.45) is 13.3. The predicted molar refractivity (Wildman–Crippen MR) is 104 cm³/mol. The first kappa shape index (κ1) is 23.4. The van der Waals surface area contributed by atoms with Crippen molar-refractivity contribution in [1.82, 2.24) is 4.90 Å². The molecule has 0 fully saturated rings. The van der Waals surface area contributed by atoms with E-state index in [4.69, 9.17) is 4.74 Å². The molecule has 0 heterocycles. The third-order valence-corrected chi connectivity index (χ3v) is 4.61. The van der Waals surface area contributed by atoms with Crippen molar-refractivity contribution in [3.05, 3.63) is 0 Å². The smallest absolute Gasteiger partial charge is 0.305 e. The first-order valence-electron chi connectivity index (χ1n) is 10.5. The van der Waals surface area contributed by atoms with Gasteiger partial charge in [-0.2, -0.15) is 0 Å². The molecule has 0 spiro atoms. The Bertz CT molecular complexity index is 281. The van der Waals surface area contributed by atoms with Crippen molar-refractivity contribution in [3.63, 3.8) is 0 Å². The van der Waals surface area contributed by atoms with Gasteiger partial charge in [-0.15, -0.1) is 0 Å². The Balaban J connectivity index is 3.68. The highest BCUT2D eigenvalue weighted by atomic mass is 16.5. The monoisotopic (exact) mass is 341 g/mol. The van der Waals surface area contributed by atoms with Gasteiger partial charge in [-0.25, -0.2) is 0 Å². The maximum absolute atomic E-state index is 11.7. The van der Waals surface area contributed by atoms with Crippen LogP contribution in [0.4, 0.5) is 0 Å². The second-order valence-electron chi connectivity index (χ2n) is 7.26. The van der Waals surface area contributed by atoms with Crippen LogP contribution in [0.2, 0.25) is 0 Å². The zero-order valence-corrected chi connectivity index (χ0v) is 16.9. The van der Waals surface area contributed by atoms with Gasteiger partial charge in [0.1, 0.15) is 0 Å². The molecule has 0 amide bonds. The van der Waals surface area contributed by atoms with Crippen molar-refractivity contribution >= 4 is 5.97 Å². The van der Waals surface area contributed by atoms with Crippen LogP contribution in [0, 0.1) is 5.92 Å². The van der Waals surface area contributed by atoms with E-state index in [-0.39, 0.29) is 5.97 Å². The number of esters is 1. The van der Waals surface area contributed by atoms with Crippen LogP contribution in [0.5, 0.6) is 0 Å². The first-order valence-corrected chi connectivity index (χ1v) is 10.5. The Morgan fingerprint density at radius 2 is 1.46 bits per heavy atom. The summed E-state index contributed by atoms with van der Waals surface area (Å²) in [5.41, 5.74) is 0. The van der Waals surface area contributed by atoms with E-state index in [9.17, 15) is 4.79 Å². The van der Waals surface area contributed by atoms with E-state index >= 15 is 0 Å². The van der Waals surface area contributed by atoms with Crippen LogP contribution >= 0.6 is 0 Å². The summed E-state index contributed by atoms with van der Waals surface area (Å²) in [5, 5.41) is 0. The van der Waals surface area contributed by atoms with Crippen molar-refractivity contribution in [2.75, 3.05) is 26.2 Å². The molecule has 144 valence electrons. The van der Waals surface area contributed by atoms with Crippen LogP contribution in [-0.4, -0.2) is 37.1 Å². The molecule has 0 aliphatic rings. The summed E-state index contributed by atoms with van der Waals surface area (Å²) in [6.45, 7) is 12.7. The molecular weight excluding hydrogens is 298 g/mol. The Morgan fingerprint density at radius 3 is 2.08 bits per heavy atom. The van der Waals surface area contributed by atoms with E-state index in [1.54, 1.807) is 0 Å². The van der Waals surface area contributed by atoms with Gasteiger partial charge in [0.25, 0.3) is 0 Å². The van der Waals surface area contributed by atoms with Gasteiger partial charge >= 0.3 is 5.97 Å². The summed E-state index contributed by atoms with van der Waals surface area (Å²) in [7, 11) is 0. The lowest BCUT2D eigenvalue weighted by Crippen LogP contribution is -2.31. The first-order chi connectivity index (χ1) is 11.6. The molecule has 0 N–H and O–H groups in total. The lowest BCUT2D eigenvalue weighted by atomic mass is 10.1. The molecule has 0 saturated carbocycles. The van der Waals surface area contributed by atoms with Crippen molar-refractivity contribution in [2.45, 2.75) is 98.3 Å². The van der Waals surface area contributed by atoms with E-state index < -0.39 is 0 Å². The zero-order chi connectivity index (χ0) is 18.0. The number of hydrogen-bond acceptors (Lipinski definition) is 3. The van der Waals surface area contributed by atoms with Gasteiger partial charge in [-0.05, 0) is 25.9 Å². The fraction of sp³-hybridized carbons (Fsp3) is 0.952. The van der Waals surface area contributed by atoms with E-state index in [1.165, 1.54) is 51.5 Å². The largest absolute Gasteiger partial charge is 0.465 e. The molecule has 0 rings (SSSR count). The number of carbonyl (C=O) groups is 1. The molecule has 0 aromatic carbocycles. The molecule has 3 nitrogen and oxygen atoms in total. The van der Waals surface area contributed by atoms with Crippen molar-refractivity contribution in [1.29, 1.82) is 0 Å².